The predicted molar refractivity (Wildman–Crippen MR) is 131 cm³/mol. The number of rotatable bonds is 7. The summed E-state index contributed by atoms with van der Waals surface area (Å²) in [6, 6.07) is 6.34. The molecule has 2 saturated carbocycles. The first-order valence-electron chi connectivity index (χ1n) is 12.7. The first-order valence-corrected chi connectivity index (χ1v) is 12.7. The lowest BCUT2D eigenvalue weighted by molar-refractivity contribution is -0.118. The third-order valence-corrected chi connectivity index (χ3v) is 7.58. The number of ether oxygens (including phenoxy) is 1. The van der Waals surface area contributed by atoms with Gasteiger partial charge in [0.2, 0.25) is 11.8 Å². The van der Waals surface area contributed by atoms with E-state index in [1.54, 1.807) is 30.0 Å². The monoisotopic (exact) mass is 497 g/mol. The molecule has 5 rings (SSSR count). The summed E-state index contributed by atoms with van der Waals surface area (Å²) in [4.78, 5) is 38.4. The Morgan fingerprint density at radius 3 is 2.78 bits per heavy atom. The van der Waals surface area contributed by atoms with Crippen LogP contribution in [0, 0.1) is 5.82 Å². The average Bonchev–Trinajstić information content (AvgIpc) is 3.25. The van der Waals surface area contributed by atoms with Crippen molar-refractivity contribution in [1.82, 2.24) is 15.5 Å². The topological polar surface area (TPSA) is 116 Å². The highest BCUT2D eigenvalue weighted by atomic mass is 19.1. The highest BCUT2D eigenvalue weighted by molar-refractivity contribution is 5.96. The van der Waals surface area contributed by atoms with Crippen LogP contribution in [-0.2, 0) is 14.3 Å². The van der Waals surface area contributed by atoms with Crippen molar-refractivity contribution >= 4 is 29.4 Å². The van der Waals surface area contributed by atoms with Crippen molar-refractivity contribution < 1.29 is 23.5 Å². The normalized spacial score (nSPS) is 23.4. The Balaban J connectivity index is 1.15. The van der Waals surface area contributed by atoms with Gasteiger partial charge in [0.05, 0.1) is 5.92 Å². The molecule has 2 aliphatic carbocycles. The molecule has 0 bridgehead atoms. The van der Waals surface area contributed by atoms with Gasteiger partial charge in [0.1, 0.15) is 11.9 Å². The molecule has 0 radical (unpaired) electrons. The number of carbonyl (C=O) groups is 3. The molecule has 3 aliphatic rings. The summed E-state index contributed by atoms with van der Waals surface area (Å²) >= 11 is 0. The first kappa shape index (κ1) is 24.3. The van der Waals surface area contributed by atoms with E-state index in [2.05, 4.69) is 20.8 Å². The number of aromatic nitrogens is 2. The molecule has 0 spiro atoms. The molecule has 2 heterocycles. The maximum Gasteiger partial charge on any atom is 0.407 e. The third kappa shape index (κ3) is 5.22. The number of aromatic amines is 1. The van der Waals surface area contributed by atoms with Gasteiger partial charge in [-0.2, -0.15) is 5.10 Å². The summed E-state index contributed by atoms with van der Waals surface area (Å²) in [5, 5.41) is 12.8. The summed E-state index contributed by atoms with van der Waals surface area (Å²) in [5.74, 6) is -1.15. The number of alkyl carbamates (subject to hydrolysis) is 1. The standard InChI is InChI=1S/C26H32FN5O4/c1-15(19-8-6-17(13-20(19)27)32-11-3-4-23(32)33)24(34)28-22-14-21(30-31-22)16-5-7-18(12-16)36-25(35)29-26(2)9-10-26/h6,8,13-16,18H,3-5,7,9-12H2,1-2H3,(H,29,35)(H2,28,30,31,34)/t15?,16-,18-/m1/s1. The molecule has 1 saturated heterocycles. The molecule has 1 unspecified atom stereocenters. The van der Waals surface area contributed by atoms with Gasteiger partial charge in [0.15, 0.2) is 5.82 Å². The SMILES string of the molecule is CC(C(=O)Nc1cc([C@@H]2CC[C@@H](OC(=O)NC3(C)CC3)C2)[nH]n1)c1ccc(N2CCCC2=O)cc1F. The minimum absolute atomic E-state index is 0.0155. The van der Waals surface area contributed by atoms with Gasteiger partial charge >= 0.3 is 6.09 Å². The Hall–Kier alpha value is -3.43. The van der Waals surface area contributed by atoms with E-state index in [0.717, 1.165) is 37.8 Å². The van der Waals surface area contributed by atoms with Crippen LogP contribution < -0.4 is 15.5 Å². The van der Waals surface area contributed by atoms with E-state index in [-0.39, 0.29) is 41.0 Å². The number of hydrogen-bond donors (Lipinski definition) is 3. The summed E-state index contributed by atoms with van der Waals surface area (Å²) in [6.07, 6.45) is 4.98. The summed E-state index contributed by atoms with van der Waals surface area (Å²) < 4.78 is 20.4. The zero-order chi connectivity index (χ0) is 25.4. The summed E-state index contributed by atoms with van der Waals surface area (Å²) in [7, 11) is 0. The van der Waals surface area contributed by atoms with E-state index in [1.165, 1.54) is 6.07 Å². The maximum absolute atomic E-state index is 14.8. The molecular formula is C26H32FN5O4. The largest absolute Gasteiger partial charge is 0.446 e. The van der Waals surface area contributed by atoms with E-state index in [1.807, 2.05) is 6.92 Å². The molecule has 36 heavy (non-hydrogen) atoms. The van der Waals surface area contributed by atoms with Crippen LogP contribution in [0.25, 0.3) is 0 Å². The van der Waals surface area contributed by atoms with E-state index in [0.29, 0.717) is 30.9 Å². The van der Waals surface area contributed by atoms with Crippen molar-refractivity contribution in [2.75, 3.05) is 16.8 Å². The zero-order valence-corrected chi connectivity index (χ0v) is 20.6. The molecule has 1 aliphatic heterocycles. The Morgan fingerprint density at radius 1 is 1.28 bits per heavy atom. The van der Waals surface area contributed by atoms with Crippen LogP contribution >= 0.6 is 0 Å². The Labute approximate surface area is 209 Å². The average molecular weight is 498 g/mol. The second kappa shape index (κ2) is 9.55. The molecule has 3 fully saturated rings. The highest BCUT2D eigenvalue weighted by Gasteiger charge is 2.40. The molecular weight excluding hydrogens is 465 g/mol. The van der Waals surface area contributed by atoms with Crippen LogP contribution in [0.15, 0.2) is 24.3 Å². The van der Waals surface area contributed by atoms with Gasteiger partial charge in [-0.1, -0.05) is 6.07 Å². The van der Waals surface area contributed by atoms with E-state index >= 15 is 0 Å². The molecule has 1 aromatic carbocycles. The highest BCUT2D eigenvalue weighted by Crippen LogP contribution is 2.37. The van der Waals surface area contributed by atoms with Crippen molar-refractivity contribution in [2.24, 2.45) is 0 Å². The molecule has 3 amide bonds. The van der Waals surface area contributed by atoms with Crippen molar-refractivity contribution in [1.29, 1.82) is 0 Å². The number of halogens is 1. The third-order valence-electron chi connectivity index (χ3n) is 7.58. The smallest absolute Gasteiger partial charge is 0.407 e. The first-order chi connectivity index (χ1) is 17.2. The van der Waals surface area contributed by atoms with Crippen LogP contribution in [0.4, 0.5) is 20.7 Å². The van der Waals surface area contributed by atoms with Crippen molar-refractivity contribution in [2.45, 2.75) is 82.3 Å². The molecule has 9 nitrogen and oxygen atoms in total. The minimum atomic E-state index is -0.746. The zero-order valence-electron chi connectivity index (χ0n) is 20.6. The van der Waals surface area contributed by atoms with Gasteiger partial charge in [0, 0.05) is 47.4 Å². The molecule has 3 atom stereocenters. The van der Waals surface area contributed by atoms with Gasteiger partial charge in [-0.25, -0.2) is 9.18 Å². The van der Waals surface area contributed by atoms with Gasteiger partial charge in [-0.15, -0.1) is 0 Å². The lowest BCUT2D eigenvalue weighted by Gasteiger charge is -2.18. The fraction of sp³-hybridized carbons (Fsp3) is 0.538. The number of anilines is 2. The van der Waals surface area contributed by atoms with E-state index < -0.39 is 11.7 Å². The quantitative estimate of drug-likeness (QED) is 0.526. The van der Waals surface area contributed by atoms with Crippen molar-refractivity contribution in [3.63, 3.8) is 0 Å². The van der Waals surface area contributed by atoms with Crippen molar-refractivity contribution in [3.05, 3.63) is 41.3 Å². The van der Waals surface area contributed by atoms with Gasteiger partial charge in [-0.3, -0.25) is 14.7 Å². The number of benzene rings is 1. The summed E-state index contributed by atoms with van der Waals surface area (Å²) in [6.45, 7) is 4.22. The van der Waals surface area contributed by atoms with Crippen LogP contribution in [-0.4, -0.2) is 46.3 Å². The number of amides is 3. The fourth-order valence-corrected chi connectivity index (χ4v) is 5.01. The van der Waals surface area contributed by atoms with E-state index in [4.69, 9.17) is 4.74 Å². The maximum atomic E-state index is 14.8. The second-order valence-corrected chi connectivity index (χ2v) is 10.5. The molecule has 1 aromatic heterocycles. The van der Waals surface area contributed by atoms with Gasteiger partial charge in [-0.05, 0) is 64.5 Å². The van der Waals surface area contributed by atoms with Crippen LogP contribution in [0.3, 0.4) is 0 Å². The second-order valence-electron chi connectivity index (χ2n) is 10.5. The van der Waals surface area contributed by atoms with Crippen LogP contribution in [0.2, 0.25) is 0 Å². The van der Waals surface area contributed by atoms with Crippen molar-refractivity contribution in [3.8, 4) is 0 Å². The fourth-order valence-electron chi connectivity index (χ4n) is 5.01. The number of carbonyl (C=O) groups excluding carboxylic acids is 3. The number of H-pyrrole nitrogens is 1. The molecule has 2 aromatic rings. The Morgan fingerprint density at radius 2 is 2.08 bits per heavy atom. The Bertz CT molecular complexity index is 1180. The predicted octanol–water partition coefficient (Wildman–Crippen LogP) is 4.33. The van der Waals surface area contributed by atoms with Gasteiger partial charge in [0.25, 0.3) is 0 Å². The lowest BCUT2D eigenvalue weighted by Crippen LogP contribution is -2.36. The summed E-state index contributed by atoms with van der Waals surface area (Å²) in [5.41, 5.74) is 1.53. The molecule has 3 N–H and O–H groups in total. The molecule has 192 valence electrons. The number of hydrogen-bond acceptors (Lipinski definition) is 5. The lowest BCUT2D eigenvalue weighted by atomic mass is 9.99. The molecule has 10 heteroatoms. The number of nitrogens with zero attached hydrogens (tertiary/aromatic N) is 2. The van der Waals surface area contributed by atoms with E-state index in [9.17, 15) is 18.8 Å². The van der Waals surface area contributed by atoms with Gasteiger partial charge < -0.3 is 20.3 Å². The van der Waals surface area contributed by atoms with Crippen LogP contribution in [0.1, 0.15) is 81.9 Å². The Kier molecular flexibility index (Phi) is 6.44. The number of nitrogens with one attached hydrogen (secondary N) is 3. The van der Waals surface area contributed by atoms with Crippen LogP contribution in [0.5, 0.6) is 0 Å². The minimum Gasteiger partial charge on any atom is -0.446 e.